The number of piperidine rings is 1. The number of aliphatic hydroxyl groups is 1. The summed E-state index contributed by atoms with van der Waals surface area (Å²) in [5.41, 5.74) is 2.64. The van der Waals surface area contributed by atoms with E-state index in [1.807, 2.05) is 43.7 Å². The lowest BCUT2D eigenvalue weighted by Gasteiger charge is -2.30. The standard InChI is InChI=1S/C17H22N4O2/c1-20-11-13(10-19-20)9-18-15-5-2-4-14(8-15)17(23)21-7-3-6-16(22)12-21/h2,4-5,8,10-11,16,18,22H,3,6-7,9,12H2,1H3. The number of benzene rings is 1. The zero-order chi connectivity index (χ0) is 16.2. The molecular weight excluding hydrogens is 292 g/mol. The van der Waals surface area contributed by atoms with Crippen LogP contribution in [-0.4, -0.2) is 44.9 Å². The molecule has 0 spiro atoms. The van der Waals surface area contributed by atoms with Crippen LogP contribution < -0.4 is 5.32 Å². The number of hydrogen-bond acceptors (Lipinski definition) is 4. The molecule has 1 fully saturated rings. The third-order valence-corrected chi connectivity index (χ3v) is 4.05. The Bertz CT molecular complexity index is 683. The van der Waals surface area contributed by atoms with Crippen molar-refractivity contribution in [1.29, 1.82) is 0 Å². The van der Waals surface area contributed by atoms with Crippen LogP contribution in [0.1, 0.15) is 28.8 Å². The van der Waals surface area contributed by atoms with Gasteiger partial charge in [-0.2, -0.15) is 5.10 Å². The first-order chi connectivity index (χ1) is 11.1. The monoisotopic (exact) mass is 314 g/mol. The number of amides is 1. The van der Waals surface area contributed by atoms with Gasteiger partial charge in [0.15, 0.2) is 0 Å². The molecule has 0 radical (unpaired) electrons. The van der Waals surface area contributed by atoms with Gasteiger partial charge < -0.3 is 15.3 Å². The van der Waals surface area contributed by atoms with Gasteiger partial charge in [0.05, 0.1) is 12.3 Å². The summed E-state index contributed by atoms with van der Waals surface area (Å²) in [5.74, 6) is -0.0197. The Morgan fingerprint density at radius 1 is 1.48 bits per heavy atom. The number of rotatable bonds is 4. The number of hydrogen-bond donors (Lipinski definition) is 2. The molecule has 6 heteroatoms. The predicted molar refractivity (Wildman–Crippen MR) is 88.1 cm³/mol. The average Bonchev–Trinajstić information content (AvgIpc) is 2.98. The van der Waals surface area contributed by atoms with Gasteiger partial charge in [0.1, 0.15) is 0 Å². The van der Waals surface area contributed by atoms with Crippen LogP contribution in [0, 0.1) is 0 Å². The van der Waals surface area contributed by atoms with Crippen molar-refractivity contribution in [2.75, 3.05) is 18.4 Å². The third-order valence-electron chi connectivity index (χ3n) is 4.05. The molecule has 1 aliphatic heterocycles. The SMILES string of the molecule is Cn1cc(CNc2cccc(C(=O)N3CCCC(O)C3)c2)cn1. The highest BCUT2D eigenvalue weighted by Crippen LogP contribution is 2.17. The van der Waals surface area contributed by atoms with E-state index in [0.29, 0.717) is 25.2 Å². The number of carbonyl (C=O) groups excluding carboxylic acids is 1. The summed E-state index contributed by atoms with van der Waals surface area (Å²) in [6.45, 7) is 1.79. The summed E-state index contributed by atoms with van der Waals surface area (Å²) in [6.07, 6.45) is 5.00. The van der Waals surface area contributed by atoms with Crippen LogP contribution in [0.25, 0.3) is 0 Å². The molecule has 1 atom stereocenters. The number of aromatic nitrogens is 2. The van der Waals surface area contributed by atoms with E-state index in [0.717, 1.165) is 24.1 Å². The number of carbonyl (C=O) groups is 1. The molecule has 1 amide bonds. The Labute approximate surface area is 135 Å². The molecular formula is C17H22N4O2. The van der Waals surface area contributed by atoms with Crippen molar-refractivity contribution in [3.8, 4) is 0 Å². The van der Waals surface area contributed by atoms with E-state index in [1.165, 1.54) is 0 Å². The van der Waals surface area contributed by atoms with Gasteiger partial charge in [-0.05, 0) is 31.0 Å². The smallest absolute Gasteiger partial charge is 0.254 e. The van der Waals surface area contributed by atoms with Gasteiger partial charge >= 0.3 is 0 Å². The number of nitrogens with zero attached hydrogens (tertiary/aromatic N) is 3. The minimum atomic E-state index is -0.403. The lowest BCUT2D eigenvalue weighted by molar-refractivity contribution is 0.0474. The summed E-state index contributed by atoms with van der Waals surface area (Å²) < 4.78 is 1.76. The third kappa shape index (κ3) is 3.90. The number of anilines is 1. The van der Waals surface area contributed by atoms with Crippen molar-refractivity contribution >= 4 is 11.6 Å². The van der Waals surface area contributed by atoms with Crippen LogP contribution in [0.3, 0.4) is 0 Å². The van der Waals surface area contributed by atoms with Crippen LogP contribution in [0.5, 0.6) is 0 Å². The lowest BCUT2D eigenvalue weighted by atomic mass is 10.1. The van der Waals surface area contributed by atoms with Crippen molar-refractivity contribution in [3.63, 3.8) is 0 Å². The molecule has 0 bridgehead atoms. The molecule has 6 nitrogen and oxygen atoms in total. The largest absolute Gasteiger partial charge is 0.391 e. The van der Waals surface area contributed by atoms with Gasteiger partial charge in [0.2, 0.25) is 0 Å². The van der Waals surface area contributed by atoms with Crippen molar-refractivity contribution < 1.29 is 9.90 Å². The summed E-state index contributed by atoms with van der Waals surface area (Å²) in [4.78, 5) is 14.3. The first-order valence-corrected chi connectivity index (χ1v) is 7.90. The van der Waals surface area contributed by atoms with Crippen molar-refractivity contribution in [2.24, 2.45) is 7.05 Å². The maximum atomic E-state index is 12.5. The number of aliphatic hydroxyl groups excluding tert-OH is 1. The lowest BCUT2D eigenvalue weighted by Crippen LogP contribution is -2.42. The fraction of sp³-hybridized carbons (Fsp3) is 0.412. The first-order valence-electron chi connectivity index (χ1n) is 7.90. The van der Waals surface area contributed by atoms with E-state index in [9.17, 15) is 9.90 Å². The molecule has 1 saturated heterocycles. The molecule has 23 heavy (non-hydrogen) atoms. The molecule has 122 valence electrons. The predicted octanol–water partition coefficient (Wildman–Crippen LogP) is 1.63. The Kier molecular flexibility index (Phi) is 4.62. The fourth-order valence-corrected chi connectivity index (χ4v) is 2.85. The summed E-state index contributed by atoms with van der Waals surface area (Å²) in [7, 11) is 1.88. The minimum absolute atomic E-state index is 0.0197. The second-order valence-corrected chi connectivity index (χ2v) is 6.00. The molecule has 0 aliphatic carbocycles. The molecule has 1 aromatic carbocycles. The van der Waals surface area contributed by atoms with E-state index in [1.54, 1.807) is 9.58 Å². The molecule has 1 unspecified atom stereocenters. The maximum absolute atomic E-state index is 12.5. The van der Waals surface area contributed by atoms with Crippen LogP contribution in [0.4, 0.5) is 5.69 Å². The zero-order valence-electron chi connectivity index (χ0n) is 13.3. The molecule has 3 rings (SSSR count). The molecule has 2 N–H and O–H groups in total. The van der Waals surface area contributed by atoms with Crippen LogP contribution in [-0.2, 0) is 13.6 Å². The van der Waals surface area contributed by atoms with E-state index in [2.05, 4.69) is 10.4 Å². The zero-order valence-corrected chi connectivity index (χ0v) is 13.3. The summed E-state index contributed by atoms with van der Waals surface area (Å²) in [6, 6.07) is 7.50. The average molecular weight is 314 g/mol. The Hall–Kier alpha value is -2.34. The second-order valence-electron chi connectivity index (χ2n) is 6.00. The first kappa shape index (κ1) is 15.6. The Morgan fingerprint density at radius 2 is 2.35 bits per heavy atom. The van der Waals surface area contributed by atoms with Crippen molar-refractivity contribution in [2.45, 2.75) is 25.5 Å². The fourth-order valence-electron chi connectivity index (χ4n) is 2.85. The maximum Gasteiger partial charge on any atom is 0.254 e. The van der Waals surface area contributed by atoms with E-state index >= 15 is 0 Å². The molecule has 0 saturated carbocycles. The van der Waals surface area contributed by atoms with Crippen LogP contribution in [0.15, 0.2) is 36.7 Å². The number of aryl methyl sites for hydroxylation is 1. The highest BCUT2D eigenvalue weighted by atomic mass is 16.3. The van der Waals surface area contributed by atoms with Gasteiger partial charge in [0.25, 0.3) is 5.91 Å². The van der Waals surface area contributed by atoms with Gasteiger partial charge in [-0.25, -0.2) is 0 Å². The van der Waals surface area contributed by atoms with Crippen LogP contribution >= 0.6 is 0 Å². The van der Waals surface area contributed by atoms with Crippen LogP contribution in [0.2, 0.25) is 0 Å². The van der Waals surface area contributed by atoms with E-state index in [-0.39, 0.29) is 5.91 Å². The van der Waals surface area contributed by atoms with Gasteiger partial charge in [-0.3, -0.25) is 9.48 Å². The molecule has 1 aliphatic rings. The normalized spacial score (nSPS) is 18.0. The van der Waals surface area contributed by atoms with Crippen molar-refractivity contribution in [1.82, 2.24) is 14.7 Å². The Morgan fingerprint density at radius 3 is 3.09 bits per heavy atom. The molecule has 1 aromatic heterocycles. The van der Waals surface area contributed by atoms with Gasteiger partial charge in [0, 0.05) is 49.7 Å². The Balaban J connectivity index is 1.65. The topological polar surface area (TPSA) is 70.4 Å². The highest BCUT2D eigenvalue weighted by molar-refractivity contribution is 5.95. The van der Waals surface area contributed by atoms with Gasteiger partial charge in [-0.1, -0.05) is 6.07 Å². The number of likely N-dealkylation sites (tertiary alicyclic amines) is 1. The quantitative estimate of drug-likeness (QED) is 0.900. The second kappa shape index (κ2) is 6.83. The molecule has 2 aromatic rings. The summed E-state index contributed by atoms with van der Waals surface area (Å²) >= 11 is 0. The molecule has 2 heterocycles. The van der Waals surface area contributed by atoms with Gasteiger partial charge in [-0.15, -0.1) is 0 Å². The van der Waals surface area contributed by atoms with E-state index < -0.39 is 6.10 Å². The highest BCUT2D eigenvalue weighted by Gasteiger charge is 2.23. The number of β-amino-alcohol motifs (C(OH)–C–C–N with tert-alkyl or cyclic N) is 1. The minimum Gasteiger partial charge on any atom is -0.391 e. The van der Waals surface area contributed by atoms with E-state index in [4.69, 9.17) is 0 Å². The number of nitrogens with one attached hydrogen (secondary N) is 1. The summed E-state index contributed by atoms with van der Waals surface area (Å²) in [5, 5.41) is 17.2. The van der Waals surface area contributed by atoms with Crippen molar-refractivity contribution in [3.05, 3.63) is 47.8 Å².